The fourth-order valence-corrected chi connectivity index (χ4v) is 1.65. The Balaban J connectivity index is 0.000000342. The summed E-state index contributed by atoms with van der Waals surface area (Å²) in [4.78, 5) is 20.8. The number of benzene rings is 1. The molecule has 0 radical (unpaired) electrons. The molecule has 0 saturated carbocycles. The number of aliphatic carboxylic acids is 1. The van der Waals surface area contributed by atoms with E-state index in [9.17, 15) is 9.59 Å². The van der Waals surface area contributed by atoms with Crippen molar-refractivity contribution in [3.8, 4) is 0 Å². The van der Waals surface area contributed by atoms with Crippen LogP contribution in [0.25, 0.3) is 0 Å². The molecule has 4 heteroatoms. The Labute approximate surface area is 119 Å². The Bertz CT molecular complexity index is 376. The maximum Gasteiger partial charge on any atom is 0.306 e. The van der Waals surface area contributed by atoms with Gasteiger partial charge in [0.05, 0.1) is 5.92 Å². The van der Waals surface area contributed by atoms with Crippen molar-refractivity contribution in [2.24, 2.45) is 5.92 Å². The molecule has 1 rings (SSSR count). The molecule has 0 saturated heterocycles. The van der Waals surface area contributed by atoms with Gasteiger partial charge in [-0.2, -0.15) is 0 Å². The number of carboxylic acid groups (broad SMARTS) is 1. The molecule has 0 amide bonds. The number of carboxylic acids is 1. The summed E-state index contributed by atoms with van der Waals surface area (Å²) in [6, 6.07) is 8.74. The van der Waals surface area contributed by atoms with Gasteiger partial charge in [-0.15, -0.1) is 0 Å². The van der Waals surface area contributed by atoms with Gasteiger partial charge in [-0.3, -0.25) is 9.59 Å². The van der Waals surface area contributed by atoms with Gasteiger partial charge in [-0.1, -0.05) is 57.0 Å². The van der Waals surface area contributed by atoms with Crippen LogP contribution in [-0.2, 0) is 4.79 Å². The van der Waals surface area contributed by atoms with Crippen molar-refractivity contribution in [2.75, 3.05) is 0 Å². The number of rotatable bonds is 6. The fourth-order valence-electron chi connectivity index (χ4n) is 1.52. The molecule has 0 aromatic heterocycles. The Morgan fingerprint density at radius 1 is 1.21 bits per heavy atom. The number of carbonyl (C=O) groups excluding carboxylic acids is 1. The lowest BCUT2D eigenvalue weighted by Gasteiger charge is -2.06. The van der Waals surface area contributed by atoms with Gasteiger partial charge in [0.1, 0.15) is 0 Å². The Morgan fingerprint density at radius 2 is 1.79 bits per heavy atom. The van der Waals surface area contributed by atoms with Gasteiger partial charge in [-0.25, -0.2) is 0 Å². The van der Waals surface area contributed by atoms with E-state index in [2.05, 4.69) is 6.92 Å². The summed E-state index contributed by atoms with van der Waals surface area (Å²) in [5.41, 5.74) is 0.541. The molecule has 0 spiro atoms. The van der Waals surface area contributed by atoms with Gasteiger partial charge in [0.25, 0.3) is 5.24 Å². The summed E-state index contributed by atoms with van der Waals surface area (Å²) in [6.07, 6.45) is 3.71. The van der Waals surface area contributed by atoms with Crippen molar-refractivity contribution in [1.82, 2.24) is 0 Å². The third-order valence-corrected chi connectivity index (χ3v) is 2.97. The largest absolute Gasteiger partial charge is 0.481 e. The highest BCUT2D eigenvalue weighted by Gasteiger charge is 2.12. The summed E-state index contributed by atoms with van der Waals surface area (Å²) < 4.78 is 0. The number of halogens is 1. The van der Waals surface area contributed by atoms with E-state index in [4.69, 9.17) is 16.7 Å². The molecule has 3 nitrogen and oxygen atoms in total. The lowest BCUT2D eigenvalue weighted by molar-refractivity contribution is -0.142. The molecule has 1 N–H and O–H groups in total. The van der Waals surface area contributed by atoms with Crippen LogP contribution >= 0.6 is 11.6 Å². The zero-order valence-corrected chi connectivity index (χ0v) is 12.2. The van der Waals surface area contributed by atoms with Gasteiger partial charge in [0.2, 0.25) is 0 Å². The lowest BCUT2D eigenvalue weighted by Crippen LogP contribution is -2.11. The first-order valence-corrected chi connectivity index (χ1v) is 6.88. The number of carbonyl (C=O) groups is 2. The molecule has 0 aliphatic rings. The maximum atomic E-state index is 10.4. The van der Waals surface area contributed by atoms with E-state index in [1.54, 1.807) is 24.3 Å². The van der Waals surface area contributed by atoms with E-state index >= 15 is 0 Å². The predicted molar refractivity (Wildman–Crippen MR) is 77.6 cm³/mol. The van der Waals surface area contributed by atoms with Crippen molar-refractivity contribution in [3.05, 3.63) is 35.9 Å². The molecule has 0 aliphatic heterocycles. The minimum absolute atomic E-state index is 0.111. The van der Waals surface area contributed by atoms with Crippen LogP contribution in [-0.4, -0.2) is 16.3 Å². The Hall–Kier alpha value is -1.35. The van der Waals surface area contributed by atoms with Crippen LogP contribution in [0.4, 0.5) is 0 Å². The minimum atomic E-state index is -0.643. The quantitative estimate of drug-likeness (QED) is 0.790. The van der Waals surface area contributed by atoms with Crippen molar-refractivity contribution >= 4 is 22.8 Å². The fraction of sp³-hybridized carbons (Fsp3) is 0.467. The van der Waals surface area contributed by atoms with Crippen LogP contribution in [0, 0.1) is 5.92 Å². The van der Waals surface area contributed by atoms with Crippen LogP contribution in [0.3, 0.4) is 0 Å². The Morgan fingerprint density at radius 3 is 2.11 bits per heavy atom. The molecule has 0 aliphatic carbocycles. The third kappa shape index (κ3) is 8.38. The SMILES string of the molecule is CCCCC(CC)C(=O)O.O=C(Cl)c1ccccc1. The second-order valence-electron chi connectivity index (χ2n) is 4.23. The standard InChI is InChI=1S/C8H16O2.C7H5ClO/c1-3-5-6-7(4-2)8(9)10;8-7(9)6-4-2-1-3-5-6/h7H,3-6H2,1-2H3,(H,9,10);1-5H. The van der Waals surface area contributed by atoms with Crippen molar-refractivity contribution < 1.29 is 14.7 Å². The minimum Gasteiger partial charge on any atom is -0.481 e. The first kappa shape index (κ1) is 17.6. The lowest BCUT2D eigenvalue weighted by atomic mass is 10.00. The van der Waals surface area contributed by atoms with Crippen molar-refractivity contribution in [3.63, 3.8) is 0 Å². The smallest absolute Gasteiger partial charge is 0.306 e. The number of hydrogen-bond donors (Lipinski definition) is 1. The Kier molecular flexibility index (Phi) is 9.81. The third-order valence-electron chi connectivity index (χ3n) is 2.75. The zero-order chi connectivity index (χ0) is 14.7. The van der Waals surface area contributed by atoms with Crippen molar-refractivity contribution in [2.45, 2.75) is 39.5 Å². The topological polar surface area (TPSA) is 54.4 Å². The molecule has 0 fully saturated rings. The van der Waals surface area contributed by atoms with E-state index in [1.165, 1.54) is 0 Å². The highest BCUT2D eigenvalue weighted by atomic mass is 35.5. The number of hydrogen-bond acceptors (Lipinski definition) is 2. The van der Waals surface area contributed by atoms with Crippen LogP contribution in [0.1, 0.15) is 49.9 Å². The van der Waals surface area contributed by atoms with Crippen LogP contribution in [0.5, 0.6) is 0 Å². The monoisotopic (exact) mass is 284 g/mol. The normalized spacial score (nSPS) is 11.1. The summed E-state index contributed by atoms with van der Waals surface area (Å²) in [5.74, 6) is -0.754. The molecule has 19 heavy (non-hydrogen) atoms. The highest BCUT2D eigenvalue weighted by Crippen LogP contribution is 2.11. The summed E-state index contributed by atoms with van der Waals surface area (Å²) in [6.45, 7) is 4.00. The molecule has 0 heterocycles. The average molecular weight is 285 g/mol. The average Bonchev–Trinajstić information content (AvgIpc) is 2.41. The molecule has 1 aromatic carbocycles. The molecule has 1 aromatic rings. The van der Waals surface area contributed by atoms with Crippen molar-refractivity contribution in [1.29, 1.82) is 0 Å². The van der Waals surface area contributed by atoms with Crippen LogP contribution in [0.15, 0.2) is 30.3 Å². The van der Waals surface area contributed by atoms with Crippen LogP contribution in [0.2, 0.25) is 0 Å². The summed E-state index contributed by atoms with van der Waals surface area (Å²) >= 11 is 5.16. The van der Waals surface area contributed by atoms with Gasteiger partial charge < -0.3 is 5.11 Å². The summed E-state index contributed by atoms with van der Waals surface area (Å²) in [7, 11) is 0. The van der Waals surface area contributed by atoms with E-state index in [0.29, 0.717) is 5.56 Å². The van der Waals surface area contributed by atoms with E-state index in [1.807, 2.05) is 13.0 Å². The molecule has 1 unspecified atom stereocenters. The van der Waals surface area contributed by atoms with E-state index in [-0.39, 0.29) is 5.92 Å². The molecule has 1 atom stereocenters. The van der Waals surface area contributed by atoms with Gasteiger partial charge in [-0.05, 0) is 24.4 Å². The maximum absolute atomic E-state index is 10.4. The number of unbranched alkanes of at least 4 members (excludes halogenated alkanes) is 1. The first-order chi connectivity index (χ1) is 9.02. The second-order valence-corrected chi connectivity index (χ2v) is 4.57. The van der Waals surface area contributed by atoms with E-state index < -0.39 is 11.2 Å². The van der Waals surface area contributed by atoms with Gasteiger partial charge in [0.15, 0.2) is 0 Å². The molecule has 0 bridgehead atoms. The highest BCUT2D eigenvalue weighted by molar-refractivity contribution is 6.67. The summed E-state index contributed by atoms with van der Waals surface area (Å²) in [5, 5.41) is 8.19. The zero-order valence-electron chi connectivity index (χ0n) is 11.4. The van der Waals surface area contributed by atoms with Gasteiger partial charge in [0, 0.05) is 5.56 Å². The second kappa shape index (κ2) is 10.6. The van der Waals surface area contributed by atoms with Gasteiger partial charge >= 0.3 is 5.97 Å². The van der Waals surface area contributed by atoms with Crippen LogP contribution < -0.4 is 0 Å². The predicted octanol–water partition coefficient (Wildman–Crippen LogP) is 4.35. The molecular weight excluding hydrogens is 264 g/mol. The molecule has 106 valence electrons. The van der Waals surface area contributed by atoms with E-state index in [0.717, 1.165) is 25.7 Å². The first-order valence-electron chi connectivity index (χ1n) is 6.50. The molecular formula is C15H21ClO3.